The van der Waals surface area contributed by atoms with Crippen LogP contribution in [0.15, 0.2) is 55.1 Å². The van der Waals surface area contributed by atoms with Crippen LogP contribution in [0.1, 0.15) is 59.4 Å². The molecular weight excluding hydrogens is 562 g/mol. The summed E-state index contributed by atoms with van der Waals surface area (Å²) in [6.45, 7) is 8.86. The number of pyridine rings is 1. The van der Waals surface area contributed by atoms with Gasteiger partial charge in [-0.25, -0.2) is 4.98 Å². The van der Waals surface area contributed by atoms with Crippen LogP contribution in [0.2, 0.25) is 0 Å². The predicted molar refractivity (Wildman–Crippen MR) is 178 cm³/mol. The van der Waals surface area contributed by atoms with Crippen molar-refractivity contribution in [1.82, 2.24) is 20.5 Å². The first-order valence-electron chi connectivity index (χ1n) is 16.2. The van der Waals surface area contributed by atoms with Crippen LogP contribution in [-0.4, -0.2) is 73.1 Å². The Morgan fingerprint density at radius 2 is 1.80 bits per heavy atom. The molecule has 9 nitrogen and oxygen atoms in total. The zero-order valence-electron chi connectivity index (χ0n) is 26.4. The summed E-state index contributed by atoms with van der Waals surface area (Å²) in [6.07, 6.45) is 6.31. The number of anilines is 2. The summed E-state index contributed by atoms with van der Waals surface area (Å²) >= 11 is 0. The molecular formula is C36H43N7O2. The molecule has 1 aromatic heterocycles. The minimum Gasteiger partial charge on any atom is -0.367 e. The Morgan fingerprint density at radius 3 is 2.53 bits per heavy atom. The van der Waals surface area contributed by atoms with Gasteiger partial charge < -0.3 is 25.3 Å². The number of nitrogens with zero attached hydrogens (tertiary/aromatic N) is 5. The summed E-state index contributed by atoms with van der Waals surface area (Å²) in [5.41, 5.74) is 5.90. The molecule has 2 aromatic carbocycles. The molecule has 0 spiro atoms. The minimum absolute atomic E-state index is 0.131. The number of aromatic nitrogens is 1. The Morgan fingerprint density at radius 1 is 1.04 bits per heavy atom. The van der Waals surface area contributed by atoms with Gasteiger partial charge in [0.1, 0.15) is 5.69 Å². The first-order valence-corrected chi connectivity index (χ1v) is 16.2. The summed E-state index contributed by atoms with van der Waals surface area (Å²) in [6, 6.07) is 17.4. The van der Waals surface area contributed by atoms with Gasteiger partial charge in [0, 0.05) is 60.6 Å². The van der Waals surface area contributed by atoms with Crippen molar-refractivity contribution in [1.29, 1.82) is 5.26 Å². The van der Waals surface area contributed by atoms with E-state index < -0.39 is 0 Å². The van der Waals surface area contributed by atoms with E-state index >= 15 is 0 Å². The van der Waals surface area contributed by atoms with Gasteiger partial charge in [-0.1, -0.05) is 36.9 Å². The maximum Gasteiger partial charge on any atom is 0.270 e. The van der Waals surface area contributed by atoms with E-state index in [1.54, 1.807) is 4.90 Å². The van der Waals surface area contributed by atoms with E-state index in [9.17, 15) is 14.9 Å². The van der Waals surface area contributed by atoms with Crippen molar-refractivity contribution in [3.8, 4) is 6.07 Å². The van der Waals surface area contributed by atoms with E-state index in [4.69, 9.17) is 4.98 Å². The monoisotopic (exact) mass is 605 g/mol. The van der Waals surface area contributed by atoms with Gasteiger partial charge in [-0.05, 0) is 75.2 Å². The molecule has 6 rings (SSSR count). The second-order valence-electron chi connectivity index (χ2n) is 12.6. The number of benzene rings is 2. The second kappa shape index (κ2) is 13.3. The van der Waals surface area contributed by atoms with Gasteiger partial charge in [0.05, 0.1) is 30.8 Å². The maximum atomic E-state index is 13.8. The fourth-order valence-electron chi connectivity index (χ4n) is 7.44. The van der Waals surface area contributed by atoms with Crippen molar-refractivity contribution in [3.63, 3.8) is 0 Å². The van der Waals surface area contributed by atoms with Gasteiger partial charge in [-0.2, -0.15) is 5.26 Å². The predicted octanol–water partition coefficient (Wildman–Crippen LogP) is 4.48. The van der Waals surface area contributed by atoms with Crippen LogP contribution in [0.3, 0.4) is 0 Å². The quantitative estimate of drug-likeness (QED) is 0.383. The maximum absolute atomic E-state index is 13.8. The van der Waals surface area contributed by atoms with Crippen LogP contribution in [0.5, 0.6) is 0 Å². The number of nitriles is 1. The van der Waals surface area contributed by atoms with Crippen molar-refractivity contribution in [3.05, 3.63) is 77.6 Å². The van der Waals surface area contributed by atoms with E-state index in [0.717, 1.165) is 55.6 Å². The van der Waals surface area contributed by atoms with Gasteiger partial charge in [-0.15, -0.1) is 0 Å². The number of carbonyl (C=O) groups is 2. The molecule has 2 amide bonds. The van der Waals surface area contributed by atoms with Crippen molar-refractivity contribution in [2.75, 3.05) is 43.0 Å². The lowest BCUT2D eigenvalue weighted by atomic mass is 9.91. The summed E-state index contributed by atoms with van der Waals surface area (Å²) in [7, 11) is 2.00. The number of piperazine rings is 1. The highest BCUT2D eigenvalue weighted by Crippen LogP contribution is 2.36. The molecule has 1 saturated heterocycles. The number of hydrogen-bond donors (Lipinski definition) is 2. The Hall–Kier alpha value is -4.42. The third-order valence-corrected chi connectivity index (χ3v) is 9.90. The van der Waals surface area contributed by atoms with Crippen LogP contribution < -0.4 is 20.4 Å². The molecule has 1 saturated carbocycles. The Labute approximate surface area is 265 Å². The zero-order chi connectivity index (χ0) is 31.5. The first-order chi connectivity index (χ1) is 21.9. The number of nitrogens with one attached hydrogen (secondary N) is 2. The van der Waals surface area contributed by atoms with Crippen LogP contribution in [0.25, 0.3) is 10.8 Å². The van der Waals surface area contributed by atoms with E-state index in [1.807, 2.05) is 13.1 Å². The lowest BCUT2D eigenvalue weighted by molar-refractivity contribution is -0.128. The standard InChI is InChI=1S/C36H43N7O2/c1-4-34(44)43-20-19-42(22-28(43)15-17-37)33-21-30(36(45)39-27-13-11-26(38-3)12-14-27)40-31-23-41(18-16-29(31)33)32-10-6-9-25-8-5-7-24(2)35(25)32/h4-10,21,26-28,38H,1,11-16,18-20,22-23H2,2-3H3,(H,39,45)/t26?,27?,28-/m0/s1. The topological polar surface area (TPSA) is 105 Å². The molecule has 0 bridgehead atoms. The van der Waals surface area contributed by atoms with Crippen LogP contribution in [0.4, 0.5) is 11.4 Å². The second-order valence-corrected chi connectivity index (χ2v) is 12.6. The molecule has 234 valence electrons. The van der Waals surface area contributed by atoms with Gasteiger partial charge in [0.25, 0.3) is 5.91 Å². The largest absolute Gasteiger partial charge is 0.367 e. The first kappa shape index (κ1) is 30.6. The lowest BCUT2D eigenvalue weighted by Crippen LogP contribution is -2.55. The molecule has 1 aliphatic carbocycles. The molecule has 3 heterocycles. The van der Waals surface area contributed by atoms with Gasteiger partial charge in [0.15, 0.2) is 0 Å². The van der Waals surface area contributed by atoms with Crippen molar-refractivity contribution in [2.45, 2.75) is 70.1 Å². The van der Waals surface area contributed by atoms with E-state index in [-0.39, 0.29) is 30.3 Å². The number of amides is 2. The van der Waals surface area contributed by atoms with Gasteiger partial charge in [0.2, 0.25) is 5.91 Å². The third kappa shape index (κ3) is 6.25. The number of fused-ring (bicyclic) bond motifs is 2. The van der Waals surface area contributed by atoms with E-state index in [1.165, 1.54) is 28.1 Å². The normalized spacial score (nSPS) is 21.6. The molecule has 3 aromatic rings. The molecule has 2 aliphatic heterocycles. The highest BCUT2D eigenvalue weighted by Gasteiger charge is 2.33. The smallest absolute Gasteiger partial charge is 0.270 e. The molecule has 3 aliphatic rings. The highest BCUT2D eigenvalue weighted by atomic mass is 16.2. The van der Waals surface area contributed by atoms with Crippen molar-refractivity contribution in [2.24, 2.45) is 0 Å². The number of hydrogen-bond acceptors (Lipinski definition) is 7. The third-order valence-electron chi connectivity index (χ3n) is 9.90. The molecule has 2 fully saturated rings. The molecule has 0 radical (unpaired) electrons. The van der Waals surface area contributed by atoms with Crippen molar-refractivity contribution >= 4 is 34.0 Å². The number of aryl methyl sites for hydroxylation is 1. The van der Waals surface area contributed by atoms with Crippen LogP contribution in [0, 0.1) is 18.3 Å². The summed E-state index contributed by atoms with van der Waals surface area (Å²) in [4.78, 5) is 37.8. The average Bonchev–Trinajstić information content (AvgIpc) is 3.07. The zero-order valence-corrected chi connectivity index (χ0v) is 26.4. The van der Waals surface area contributed by atoms with E-state index in [0.29, 0.717) is 37.9 Å². The Kier molecular flexibility index (Phi) is 9.04. The minimum atomic E-state index is -0.253. The SMILES string of the molecule is C=CC(=O)N1CCN(c2cc(C(=O)NC3CCC(NC)CC3)nc3c2CCN(c2cccc4cccc(C)c24)C3)C[C@@H]1CC#N. The van der Waals surface area contributed by atoms with Crippen molar-refractivity contribution < 1.29 is 9.59 Å². The summed E-state index contributed by atoms with van der Waals surface area (Å²) < 4.78 is 0. The molecule has 1 atom stereocenters. The lowest BCUT2D eigenvalue weighted by Gasteiger charge is -2.43. The fourth-order valence-corrected chi connectivity index (χ4v) is 7.44. The van der Waals surface area contributed by atoms with Gasteiger partial charge in [-0.3, -0.25) is 9.59 Å². The van der Waals surface area contributed by atoms with E-state index in [2.05, 4.69) is 76.4 Å². The Balaban J connectivity index is 1.34. The fraction of sp³-hybridized carbons (Fsp3) is 0.444. The highest BCUT2D eigenvalue weighted by molar-refractivity contribution is 5.97. The molecule has 0 unspecified atom stereocenters. The van der Waals surface area contributed by atoms with Crippen LogP contribution >= 0.6 is 0 Å². The Bertz CT molecular complexity index is 1630. The molecule has 45 heavy (non-hydrogen) atoms. The molecule has 9 heteroatoms. The van der Waals surface area contributed by atoms with Crippen LogP contribution in [-0.2, 0) is 17.8 Å². The van der Waals surface area contributed by atoms with Gasteiger partial charge >= 0.3 is 0 Å². The number of rotatable bonds is 7. The molecule has 2 N–H and O–H groups in total. The number of carbonyl (C=O) groups excluding carboxylic acids is 2. The average molecular weight is 606 g/mol. The summed E-state index contributed by atoms with van der Waals surface area (Å²) in [5, 5.41) is 18.7. The summed E-state index contributed by atoms with van der Waals surface area (Å²) in [5.74, 6) is -0.292.